The summed E-state index contributed by atoms with van der Waals surface area (Å²) >= 11 is 1.57. The van der Waals surface area contributed by atoms with Crippen LogP contribution in [-0.4, -0.2) is 44.4 Å². The van der Waals surface area contributed by atoms with Crippen LogP contribution in [0.15, 0.2) is 35.8 Å². The van der Waals surface area contributed by atoms with Crippen molar-refractivity contribution in [2.75, 3.05) is 38.9 Å². The van der Waals surface area contributed by atoms with Crippen LogP contribution in [0.25, 0.3) is 0 Å². The van der Waals surface area contributed by atoms with E-state index < -0.39 is 11.7 Å². The quantitative estimate of drug-likeness (QED) is 0.747. The van der Waals surface area contributed by atoms with Crippen LogP contribution in [0.1, 0.15) is 18.1 Å². The predicted molar refractivity (Wildman–Crippen MR) is 97.3 cm³/mol. The molecule has 1 amide bonds. The number of nitrogens with one attached hydrogen (secondary N) is 1. The number of hydrogen-bond acceptors (Lipinski definition) is 7. The zero-order valence-electron chi connectivity index (χ0n) is 14.8. The zero-order chi connectivity index (χ0) is 18.4. The molecule has 0 aromatic carbocycles. The van der Waals surface area contributed by atoms with Gasteiger partial charge >= 0.3 is 0 Å². The van der Waals surface area contributed by atoms with Crippen molar-refractivity contribution in [2.24, 2.45) is 5.41 Å². The summed E-state index contributed by atoms with van der Waals surface area (Å²) in [5.74, 6) is 0.311. The Morgan fingerprint density at radius 3 is 2.77 bits per heavy atom. The molecule has 0 atom stereocenters. The van der Waals surface area contributed by atoms with Crippen LogP contribution in [0.2, 0.25) is 0 Å². The molecule has 0 saturated carbocycles. The van der Waals surface area contributed by atoms with Gasteiger partial charge in [-0.05, 0) is 24.4 Å². The number of hydrogen-bond donors (Lipinski definition) is 1. The second-order valence-electron chi connectivity index (χ2n) is 6.21. The Labute approximate surface area is 156 Å². The van der Waals surface area contributed by atoms with Crippen molar-refractivity contribution in [3.05, 3.63) is 40.7 Å². The maximum absolute atomic E-state index is 12.6. The number of carbonyl (C=O) groups is 1. The van der Waals surface area contributed by atoms with E-state index in [0.29, 0.717) is 24.8 Å². The maximum Gasteiger partial charge on any atom is 0.235 e. The molecule has 0 unspecified atom stereocenters. The Morgan fingerprint density at radius 2 is 2.15 bits per heavy atom. The van der Waals surface area contributed by atoms with Crippen molar-refractivity contribution in [1.82, 2.24) is 4.98 Å². The lowest BCUT2D eigenvalue weighted by atomic mass is 9.91. The van der Waals surface area contributed by atoms with Crippen LogP contribution in [0.4, 0.5) is 5.69 Å². The molecule has 140 valence electrons. The number of rotatable bonds is 7. The van der Waals surface area contributed by atoms with Crippen molar-refractivity contribution in [3.63, 3.8) is 0 Å². The van der Waals surface area contributed by atoms with Crippen LogP contribution in [0.5, 0.6) is 5.88 Å². The third-order valence-electron chi connectivity index (χ3n) is 3.96. The smallest absolute Gasteiger partial charge is 0.235 e. The van der Waals surface area contributed by atoms with Crippen LogP contribution >= 0.6 is 11.3 Å². The summed E-state index contributed by atoms with van der Waals surface area (Å²) in [6.07, 6.45) is 1.16. The molecule has 2 aromatic heterocycles. The third-order valence-corrected chi connectivity index (χ3v) is 4.86. The minimum Gasteiger partial charge on any atom is -0.475 e. The Kier molecular flexibility index (Phi) is 6.20. The minimum absolute atomic E-state index is 0.169. The van der Waals surface area contributed by atoms with E-state index >= 15 is 0 Å². The largest absolute Gasteiger partial charge is 0.475 e. The molecule has 1 saturated heterocycles. The van der Waals surface area contributed by atoms with E-state index in [0.717, 1.165) is 4.88 Å². The van der Waals surface area contributed by atoms with E-state index in [2.05, 4.69) is 10.3 Å². The molecule has 0 aliphatic carbocycles. The summed E-state index contributed by atoms with van der Waals surface area (Å²) in [7, 11) is 1.61. The van der Waals surface area contributed by atoms with E-state index in [1.807, 2.05) is 24.4 Å². The number of methoxy groups -OCH3 is 1. The average Bonchev–Trinajstić information content (AvgIpc) is 3.19. The predicted octanol–water partition coefficient (Wildman–Crippen LogP) is 2.86. The molecule has 1 N–H and O–H groups in total. The minimum atomic E-state index is -0.763. The first-order chi connectivity index (χ1) is 12.6. The topological polar surface area (TPSA) is 78.9 Å². The summed E-state index contributed by atoms with van der Waals surface area (Å²) in [6.45, 7) is 3.31. The third kappa shape index (κ3) is 4.59. The normalized spacial score (nSPS) is 22.8. The van der Waals surface area contributed by atoms with Crippen molar-refractivity contribution < 1.29 is 23.7 Å². The van der Waals surface area contributed by atoms with Crippen LogP contribution < -0.4 is 10.1 Å². The first kappa shape index (κ1) is 18.8. The zero-order valence-corrected chi connectivity index (χ0v) is 15.6. The van der Waals surface area contributed by atoms with E-state index in [1.54, 1.807) is 36.8 Å². The van der Waals surface area contributed by atoms with Gasteiger partial charge in [-0.15, -0.1) is 11.3 Å². The molecule has 3 rings (SSSR count). The number of ether oxygens (including phenoxy) is 4. The summed E-state index contributed by atoms with van der Waals surface area (Å²) in [5, 5.41) is 4.83. The van der Waals surface area contributed by atoms with Gasteiger partial charge in [-0.1, -0.05) is 6.07 Å². The molecular formula is C18H22N2O5S. The summed E-state index contributed by atoms with van der Waals surface area (Å²) in [5.41, 5.74) is -0.169. The van der Waals surface area contributed by atoms with E-state index in [9.17, 15) is 4.79 Å². The Bertz CT molecular complexity index is 697. The van der Waals surface area contributed by atoms with Crippen molar-refractivity contribution in [3.8, 4) is 5.88 Å². The number of carbonyl (C=O) groups excluding carboxylic acids is 1. The van der Waals surface area contributed by atoms with Gasteiger partial charge in [0.25, 0.3) is 0 Å². The lowest BCUT2D eigenvalue weighted by molar-refractivity contribution is -0.225. The molecule has 0 spiro atoms. The number of thiophene rings is 1. The van der Waals surface area contributed by atoms with Gasteiger partial charge in [0.15, 0.2) is 6.29 Å². The van der Waals surface area contributed by atoms with Gasteiger partial charge in [-0.25, -0.2) is 4.98 Å². The fourth-order valence-corrected chi connectivity index (χ4v) is 3.10. The lowest BCUT2D eigenvalue weighted by Gasteiger charge is -2.35. The molecule has 1 aliphatic rings. The highest BCUT2D eigenvalue weighted by molar-refractivity contribution is 7.10. The first-order valence-corrected chi connectivity index (χ1v) is 9.14. The van der Waals surface area contributed by atoms with Gasteiger partial charge < -0.3 is 24.3 Å². The number of amides is 1. The fourth-order valence-electron chi connectivity index (χ4n) is 2.38. The molecule has 0 bridgehead atoms. The number of pyridine rings is 1. The summed E-state index contributed by atoms with van der Waals surface area (Å²) < 4.78 is 21.8. The van der Waals surface area contributed by atoms with Gasteiger partial charge in [-0.2, -0.15) is 0 Å². The van der Waals surface area contributed by atoms with Gasteiger partial charge in [0.1, 0.15) is 6.61 Å². The summed E-state index contributed by atoms with van der Waals surface area (Å²) in [4.78, 5) is 17.8. The monoisotopic (exact) mass is 378 g/mol. The summed E-state index contributed by atoms with van der Waals surface area (Å²) in [6, 6.07) is 7.35. The van der Waals surface area contributed by atoms with Gasteiger partial charge in [0, 0.05) is 13.2 Å². The van der Waals surface area contributed by atoms with E-state index in [4.69, 9.17) is 18.9 Å². The Hall–Kier alpha value is -2.00. The lowest BCUT2D eigenvalue weighted by Crippen LogP contribution is -2.45. The number of anilines is 1. The molecule has 7 nitrogen and oxygen atoms in total. The SMILES string of the molecule is COCCOc1ccc(NC(=O)C2(C)COC(c3cccs3)OC2)cn1. The second kappa shape index (κ2) is 8.59. The molecule has 8 heteroatoms. The van der Waals surface area contributed by atoms with Gasteiger partial charge in [0.05, 0.1) is 42.0 Å². The standard InChI is InChI=1S/C18H22N2O5S/c1-18(11-24-16(25-12-18)14-4-3-9-26-14)17(21)20-13-5-6-15(19-10-13)23-8-7-22-2/h3-6,9-10,16H,7-8,11-12H2,1-2H3,(H,20,21). The van der Waals surface area contributed by atoms with Crippen LogP contribution in [-0.2, 0) is 19.0 Å². The molecule has 2 aromatic rings. The number of nitrogens with zero attached hydrogens (tertiary/aromatic N) is 1. The van der Waals surface area contributed by atoms with E-state index in [-0.39, 0.29) is 19.1 Å². The molecule has 1 fully saturated rings. The van der Waals surface area contributed by atoms with E-state index in [1.165, 1.54) is 0 Å². The molecule has 3 heterocycles. The highest BCUT2D eigenvalue weighted by atomic mass is 32.1. The average molecular weight is 378 g/mol. The van der Waals surface area contributed by atoms with Crippen molar-refractivity contribution >= 4 is 22.9 Å². The Balaban J connectivity index is 1.52. The Morgan fingerprint density at radius 1 is 1.35 bits per heavy atom. The fraction of sp³-hybridized carbons (Fsp3) is 0.444. The molecular weight excluding hydrogens is 356 g/mol. The van der Waals surface area contributed by atoms with Crippen molar-refractivity contribution in [1.29, 1.82) is 0 Å². The highest BCUT2D eigenvalue weighted by Gasteiger charge is 2.40. The highest BCUT2D eigenvalue weighted by Crippen LogP contribution is 2.34. The second-order valence-corrected chi connectivity index (χ2v) is 7.19. The molecule has 1 aliphatic heterocycles. The molecule has 0 radical (unpaired) electrons. The maximum atomic E-state index is 12.6. The van der Waals surface area contributed by atoms with Gasteiger partial charge in [0.2, 0.25) is 11.8 Å². The first-order valence-electron chi connectivity index (χ1n) is 8.26. The van der Waals surface area contributed by atoms with Gasteiger partial charge in [-0.3, -0.25) is 4.79 Å². The van der Waals surface area contributed by atoms with Crippen LogP contribution in [0.3, 0.4) is 0 Å². The van der Waals surface area contributed by atoms with Crippen molar-refractivity contribution in [2.45, 2.75) is 13.2 Å². The molecule has 26 heavy (non-hydrogen) atoms. The number of aromatic nitrogens is 1. The van der Waals surface area contributed by atoms with Crippen LogP contribution in [0, 0.1) is 5.41 Å².